The lowest BCUT2D eigenvalue weighted by Gasteiger charge is -2.36. The number of carbonyl (C=O) groups excluding carboxylic acids is 2. The molecule has 0 aliphatic heterocycles. The van der Waals surface area contributed by atoms with Gasteiger partial charge in [-0.3, -0.25) is 9.59 Å². The summed E-state index contributed by atoms with van der Waals surface area (Å²) < 4.78 is 0. The van der Waals surface area contributed by atoms with Crippen molar-refractivity contribution in [2.75, 3.05) is 10.6 Å². The second-order valence-electron chi connectivity index (χ2n) is 7.43. The van der Waals surface area contributed by atoms with Gasteiger partial charge in [0.15, 0.2) is 0 Å². The minimum absolute atomic E-state index is 0.137. The number of aliphatic hydroxyl groups is 1. The van der Waals surface area contributed by atoms with Crippen LogP contribution in [0.5, 0.6) is 0 Å². The molecule has 3 rings (SSSR count). The Morgan fingerprint density at radius 1 is 1.21 bits per heavy atom. The van der Waals surface area contributed by atoms with E-state index in [9.17, 15) is 14.7 Å². The summed E-state index contributed by atoms with van der Waals surface area (Å²) in [4.78, 5) is 28.8. The summed E-state index contributed by atoms with van der Waals surface area (Å²) in [6.45, 7) is 2.11. The van der Waals surface area contributed by atoms with Gasteiger partial charge in [-0.1, -0.05) is 36.2 Å². The average molecular weight is 436 g/mol. The molecule has 154 valence electrons. The molecule has 2 aromatic rings. The van der Waals surface area contributed by atoms with Crippen LogP contribution >= 0.6 is 23.2 Å². The van der Waals surface area contributed by atoms with Crippen LogP contribution in [-0.2, 0) is 4.79 Å². The van der Waals surface area contributed by atoms with E-state index in [1.54, 1.807) is 30.3 Å². The third-order valence-electron chi connectivity index (χ3n) is 5.26. The molecule has 1 heterocycles. The lowest BCUT2D eigenvalue weighted by molar-refractivity contribution is -0.116. The Labute approximate surface area is 179 Å². The van der Waals surface area contributed by atoms with Gasteiger partial charge in [-0.15, -0.1) is 0 Å². The van der Waals surface area contributed by atoms with Crippen molar-refractivity contribution < 1.29 is 14.7 Å². The fraction of sp³-hybridized carbons (Fsp3) is 0.381. The molecule has 29 heavy (non-hydrogen) atoms. The summed E-state index contributed by atoms with van der Waals surface area (Å²) in [6, 6.07) is 8.03. The Morgan fingerprint density at radius 3 is 2.55 bits per heavy atom. The lowest BCUT2D eigenvalue weighted by atomic mass is 9.73. The summed E-state index contributed by atoms with van der Waals surface area (Å²) in [5, 5.41) is 15.4. The smallest absolute Gasteiger partial charge is 0.258 e. The first-order valence-electron chi connectivity index (χ1n) is 9.53. The van der Waals surface area contributed by atoms with Gasteiger partial charge in [0.1, 0.15) is 5.82 Å². The second kappa shape index (κ2) is 9.57. The molecule has 0 unspecified atom stereocenters. The molecule has 1 saturated carbocycles. The van der Waals surface area contributed by atoms with Crippen LogP contribution in [0, 0.1) is 11.8 Å². The first kappa shape index (κ1) is 21.6. The van der Waals surface area contributed by atoms with Crippen LogP contribution in [-0.4, -0.2) is 28.0 Å². The predicted molar refractivity (Wildman–Crippen MR) is 114 cm³/mol. The number of aromatic nitrogens is 1. The van der Waals surface area contributed by atoms with E-state index in [0.717, 1.165) is 19.3 Å². The van der Waals surface area contributed by atoms with E-state index in [4.69, 9.17) is 23.2 Å². The molecule has 3 N–H and O–H groups in total. The van der Waals surface area contributed by atoms with Gasteiger partial charge < -0.3 is 15.7 Å². The number of amides is 2. The number of nitrogens with zero attached hydrogens (tertiary/aromatic N) is 1. The molecule has 6 nitrogen and oxygen atoms in total. The number of rotatable bonds is 7. The monoisotopic (exact) mass is 435 g/mol. The van der Waals surface area contributed by atoms with Crippen molar-refractivity contribution in [1.29, 1.82) is 0 Å². The van der Waals surface area contributed by atoms with Crippen LogP contribution in [0.4, 0.5) is 11.5 Å². The van der Waals surface area contributed by atoms with Gasteiger partial charge in [0, 0.05) is 24.4 Å². The Kier molecular flexibility index (Phi) is 7.11. The van der Waals surface area contributed by atoms with E-state index >= 15 is 0 Å². The molecule has 8 heteroatoms. The molecule has 1 aromatic heterocycles. The highest BCUT2D eigenvalue weighted by atomic mass is 35.5. The zero-order valence-corrected chi connectivity index (χ0v) is 17.5. The van der Waals surface area contributed by atoms with E-state index in [1.165, 1.54) is 6.20 Å². The molecule has 1 aromatic carbocycles. The lowest BCUT2D eigenvalue weighted by Crippen LogP contribution is -2.33. The van der Waals surface area contributed by atoms with Crippen molar-refractivity contribution in [2.45, 2.75) is 38.7 Å². The van der Waals surface area contributed by atoms with Gasteiger partial charge in [0.2, 0.25) is 5.91 Å². The molecular weight excluding hydrogens is 413 g/mol. The summed E-state index contributed by atoms with van der Waals surface area (Å²) in [6.07, 6.45) is 4.09. The normalized spacial score (nSPS) is 19.2. The van der Waals surface area contributed by atoms with Crippen LogP contribution in [0.2, 0.25) is 10.0 Å². The first-order valence-corrected chi connectivity index (χ1v) is 10.3. The van der Waals surface area contributed by atoms with Crippen molar-refractivity contribution >= 4 is 46.5 Å². The van der Waals surface area contributed by atoms with E-state index in [1.807, 2.05) is 0 Å². The number of anilines is 2. The highest BCUT2D eigenvalue weighted by Gasteiger charge is 2.31. The number of hydrogen-bond acceptors (Lipinski definition) is 4. The third kappa shape index (κ3) is 5.69. The number of carbonyl (C=O) groups is 2. The van der Waals surface area contributed by atoms with Crippen LogP contribution < -0.4 is 10.6 Å². The SMILES string of the molecule is C[C@H](CCC(=O)Nc1cc(NC(=O)c2c(Cl)cccc2Cl)ccn1)C1CC(O)C1. The highest BCUT2D eigenvalue weighted by Crippen LogP contribution is 2.35. The maximum absolute atomic E-state index is 12.5. The average Bonchev–Trinajstić information content (AvgIpc) is 2.63. The van der Waals surface area contributed by atoms with Crippen molar-refractivity contribution in [2.24, 2.45) is 11.8 Å². The molecule has 0 saturated heterocycles. The summed E-state index contributed by atoms with van der Waals surface area (Å²) in [7, 11) is 0. The van der Waals surface area contributed by atoms with Gasteiger partial charge in [-0.2, -0.15) is 0 Å². The zero-order valence-electron chi connectivity index (χ0n) is 16.0. The van der Waals surface area contributed by atoms with Crippen LogP contribution in [0.1, 0.15) is 43.0 Å². The van der Waals surface area contributed by atoms with E-state index in [0.29, 0.717) is 29.8 Å². The third-order valence-corrected chi connectivity index (χ3v) is 5.89. The number of halogens is 2. The predicted octanol–water partition coefficient (Wildman–Crippen LogP) is 4.77. The molecule has 2 amide bonds. The van der Waals surface area contributed by atoms with E-state index < -0.39 is 5.91 Å². The van der Waals surface area contributed by atoms with Gasteiger partial charge in [0.05, 0.1) is 21.7 Å². The number of benzene rings is 1. The molecule has 0 bridgehead atoms. The van der Waals surface area contributed by atoms with Crippen LogP contribution in [0.25, 0.3) is 0 Å². The van der Waals surface area contributed by atoms with Crippen molar-refractivity contribution in [1.82, 2.24) is 4.98 Å². The summed E-state index contributed by atoms with van der Waals surface area (Å²) in [5.74, 6) is 0.654. The molecule has 1 atom stereocenters. The fourth-order valence-corrected chi connectivity index (χ4v) is 3.95. The van der Waals surface area contributed by atoms with Gasteiger partial charge >= 0.3 is 0 Å². The Hall–Kier alpha value is -2.15. The minimum Gasteiger partial charge on any atom is -0.393 e. The number of pyridine rings is 1. The maximum Gasteiger partial charge on any atom is 0.258 e. The van der Waals surface area contributed by atoms with Gasteiger partial charge in [-0.25, -0.2) is 4.98 Å². The first-order chi connectivity index (χ1) is 13.8. The Morgan fingerprint density at radius 2 is 1.90 bits per heavy atom. The van der Waals surface area contributed by atoms with Crippen molar-refractivity contribution in [3.8, 4) is 0 Å². The molecule has 1 aliphatic rings. The van der Waals surface area contributed by atoms with Gasteiger partial charge in [-0.05, 0) is 49.3 Å². The van der Waals surface area contributed by atoms with Crippen LogP contribution in [0.15, 0.2) is 36.5 Å². The number of aliphatic hydroxyl groups excluding tert-OH is 1. The van der Waals surface area contributed by atoms with Gasteiger partial charge in [0.25, 0.3) is 5.91 Å². The topological polar surface area (TPSA) is 91.3 Å². The highest BCUT2D eigenvalue weighted by molar-refractivity contribution is 6.40. The molecular formula is C21H23Cl2N3O3. The number of nitrogens with one attached hydrogen (secondary N) is 2. The van der Waals surface area contributed by atoms with Crippen LogP contribution in [0.3, 0.4) is 0 Å². The Balaban J connectivity index is 1.55. The fourth-order valence-electron chi connectivity index (χ4n) is 3.38. The quantitative estimate of drug-likeness (QED) is 0.583. The van der Waals surface area contributed by atoms with E-state index in [2.05, 4.69) is 22.5 Å². The zero-order chi connectivity index (χ0) is 21.0. The summed E-state index contributed by atoms with van der Waals surface area (Å²) in [5.41, 5.74) is 0.654. The molecule has 1 aliphatic carbocycles. The number of hydrogen-bond donors (Lipinski definition) is 3. The second-order valence-corrected chi connectivity index (χ2v) is 8.24. The molecule has 0 radical (unpaired) electrons. The molecule has 0 spiro atoms. The molecule has 1 fully saturated rings. The maximum atomic E-state index is 12.5. The van der Waals surface area contributed by atoms with Crippen molar-refractivity contribution in [3.05, 3.63) is 52.1 Å². The minimum atomic E-state index is -0.444. The summed E-state index contributed by atoms with van der Waals surface area (Å²) >= 11 is 12.1. The van der Waals surface area contributed by atoms with Crippen molar-refractivity contribution in [3.63, 3.8) is 0 Å². The van der Waals surface area contributed by atoms with E-state index in [-0.39, 0.29) is 27.6 Å². The Bertz CT molecular complexity index is 880. The largest absolute Gasteiger partial charge is 0.393 e. The standard InChI is InChI=1S/C21H23Cl2N3O3/c1-12(13-9-15(27)10-13)5-6-19(28)26-18-11-14(7-8-24-18)25-21(29)20-16(22)3-2-4-17(20)23/h2-4,7-8,11-13,15,27H,5-6,9-10H2,1H3,(H2,24,25,26,28,29)/t12-,13?,15?/m1/s1.